The minimum atomic E-state index is -4.12. The van der Waals surface area contributed by atoms with Crippen molar-refractivity contribution >= 4 is 21.9 Å². The number of hydrogen-bond acceptors (Lipinski definition) is 8. The van der Waals surface area contributed by atoms with Gasteiger partial charge in [-0.05, 0) is 12.1 Å². The Labute approximate surface area is 149 Å². The predicted molar refractivity (Wildman–Crippen MR) is 85.9 cm³/mol. The molecule has 26 heavy (non-hydrogen) atoms. The highest BCUT2D eigenvalue weighted by atomic mass is 32.2. The van der Waals surface area contributed by atoms with Crippen LogP contribution in [0, 0.1) is 0 Å². The Bertz CT molecular complexity index is 825. The number of aliphatic hydroxyl groups is 1. The van der Waals surface area contributed by atoms with E-state index in [-0.39, 0.29) is 23.6 Å². The molecule has 1 fully saturated rings. The SMILES string of the molecule is NC(=O)COC(=O)[C@H]1C[C@H](O)CN1S(=O)(=O)c1ccc2c(c1)OCCO2. The molecule has 1 saturated heterocycles. The van der Waals surface area contributed by atoms with Crippen molar-refractivity contribution in [3.63, 3.8) is 0 Å². The number of nitrogens with two attached hydrogens (primary N) is 1. The number of benzene rings is 1. The number of β-amino-alcohol motifs (C(OH)–C–C–N with tert-alkyl or cyclic N) is 1. The third kappa shape index (κ3) is 3.59. The van der Waals surface area contributed by atoms with Crippen LogP contribution in [0.3, 0.4) is 0 Å². The summed E-state index contributed by atoms with van der Waals surface area (Å²) in [4.78, 5) is 22.8. The van der Waals surface area contributed by atoms with Crippen LogP contribution >= 0.6 is 0 Å². The normalized spacial score (nSPS) is 22.8. The van der Waals surface area contributed by atoms with Crippen LogP contribution < -0.4 is 15.2 Å². The number of carbonyl (C=O) groups is 2. The summed E-state index contributed by atoms with van der Waals surface area (Å²) in [7, 11) is -4.12. The molecule has 2 atom stereocenters. The highest BCUT2D eigenvalue weighted by Crippen LogP contribution is 2.35. The van der Waals surface area contributed by atoms with E-state index in [1.165, 1.54) is 18.2 Å². The van der Waals surface area contributed by atoms with Gasteiger partial charge in [0.2, 0.25) is 10.0 Å². The van der Waals surface area contributed by atoms with E-state index in [1.54, 1.807) is 0 Å². The van der Waals surface area contributed by atoms with Gasteiger partial charge < -0.3 is 25.1 Å². The largest absolute Gasteiger partial charge is 0.486 e. The monoisotopic (exact) mass is 386 g/mol. The number of carbonyl (C=O) groups excluding carboxylic acids is 2. The minimum absolute atomic E-state index is 0.108. The lowest BCUT2D eigenvalue weighted by Gasteiger charge is -2.24. The highest BCUT2D eigenvalue weighted by molar-refractivity contribution is 7.89. The number of esters is 1. The average molecular weight is 386 g/mol. The Morgan fingerprint density at radius 1 is 1.27 bits per heavy atom. The van der Waals surface area contributed by atoms with Crippen LogP contribution in [-0.4, -0.2) is 68.2 Å². The fourth-order valence-electron chi connectivity index (χ4n) is 2.82. The molecule has 142 valence electrons. The third-order valence-corrected chi connectivity index (χ3v) is 5.85. The van der Waals surface area contributed by atoms with Crippen molar-refractivity contribution in [2.75, 3.05) is 26.4 Å². The molecule has 0 bridgehead atoms. The average Bonchev–Trinajstić information content (AvgIpc) is 3.02. The first-order valence-electron chi connectivity index (χ1n) is 7.83. The van der Waals surface area contributed by atoms with Gasteiger partial charge >= 0.3 is 5.97 Å². The summed E-state index contributed by atoms with van der Waals surface area (Å²) in [6.45, 7) is -0.275. The Hall–Kier alpha value is -2.37. The number of primary amides is 1. The molecule has 0 aromatic heterocycles. The molecular weight excluding hydrogens is 368 g/mol. The number of fused-ring (bicyclic) bond motifs is 1. The molecule has 3 rings (SSSR count). The smallest absolute Gasteiger partial charge is 0.325 e. The zero-order valence-electron chi connectivity index (χ0n) is 13.7. The molecule has 0 unspecified atom stereocenters. The molecule has 2 aliphatic rings. The fourth-order valence-corrected chi connectivity index (χ4v) is 4.46. The molecule has 0 aliphatic carbocycles. The van der Waals surface area contributed by atoms with Gasteiger partial charge in [0, 0.05) is 19.0 Å². The van der Waals surface area contributed by atoms with Gasteiger partial charge in [-0.1, -0.05) is 0 Å². The molecule has 10 nitrogen and oxygen atoms in total. The van der Waals surface area contributed by atoms with E-state index in [9.17, 15) is 23.1 Å². The van der Waals surface area contributed by atoms with E-state index in [2.05, 4.69) is 0 Å². The maximum Gasteiger partial charge on any atom is 0.325 e. The molecule has 11 heteroatoms. The Balaban J connectivity index is 1.86. The lowest BCUT2D eigenvalue weighted by atomic mass is 10.2. The highest BCUT2D eigenvalue weighted by Gasteiger charge is 2.44. The van der Waals surface area contributed by atoms with Gasteiger partial charge in [-0.3, -0.25) is 9.59 Å². The molecule has 0 saturated carbocycles. The van der Waals surface area contributed by atoms with Gasteiger partial charge in [0.25, 0.3) is 5.91 Å². The van der Waals surface area contributed by atoms with Crippen molar-refractivity contribution in [2.45, 2.75) is 23.5 Å². The fraction of sp³-hybridized carbons (Fsp3) is 0.467. The van der Waals surface area contributed by atoms with Gasteiger partial charge in [0.05, 0.1) is 11.0 Å². The van der Waals surface area contributed by atoms with Crippen molar-refractivity contribution < 1.29 is 37.3 Å². The maximum absolute atomic E-state index is 12.9. The third-order valence-electron chi connectivity index (χ3n) is 3.98. The van der Waals surface area contributed by atoms with E-state index < -0.39 is 40.7 Å². The van der Waals surface area contributed by atoms with Crippen LogP contribution in [0.5, 0.6) is 11.5 Å². The van der Waals surface area contributed by atoms with E-state index in [0.29, 0.717) is 19.0 Å². The van der Waals surface area contributed by atoms with Gasteiger partial charge in [0.1, 0.15) is 19.3 Å². The first-order valence-corrected chi connectivity index (χ1v) is 9.27. The Morgan fingerprint density at radius 2 is 1.96 bits per heavy atom. The molecule has 2 heterocycles. The van der Waals surface area contributed by atoms with Crippen molar-refractivity contribution in [1.82, 2.24) is 4.31 Å². The first-order chi connectivity index (χ1) is 12.3. The van der Waals surface area contributed by atoms with Crippen LogP contribution in [0.1, 0.15) is 6.42 Å². The number of hydrogen-bond donors (Lipinski definition) is 2. The second kappa shape index (κ2) is 7.09. The van der Waals surface area contributed by atoms with E-state index >= 15 is 0 Å². The summed E-state index contributed by atoms with van der Waals surface area (Å²) >= 11 is 0. The zero-order chi connectivity index (χ0) is 18.9. The lowest BCUT2D eigenvalue weighted by molar-refractivity contribution is -0.151. The molecule has 3 N–H and O–H groups in total. The van der Waals surface area contributed by atoms with Gasteiger partial charge in [-0.25, -0.2) is 8.42 Å². The number of aliphatic hydroxyl groups excluding tert-OH is 1. The summed E-state index contributed by atoms with van der Waals surface area (Å²) in [5, 5.41) is 9.85. The second-order valence-corrected chi connectivity index (χ2v) is 7.75. The number of amides is 1. The summed E-state index contributed by atoms with van der Waals surface area (Å²) in [6, 6.07) is 2.86. The standard InChI is InChI=1S/C15H18N2O8S/c16-14(19)8-25-15(20)11-5-9(18)7-17(11)26(21,22)10-1-2-12-13(6-10)24-4-3-23-12/h1-2,6,9,11,18H,3-5,7-8H2,(H2,16,19)/t9-,11+/m0/s1. The first kappa shape index (κ1) is 18.4. The molecule has 2 aliphatic heterocycles. The molecular formula is C15H18N2O8S. The van der Waals surface area contributed by atoms with Crippen LogP contribution in [0.4, 0.5) is 0 Å². The van der Waals surface area contributed by atoms with Gasteiger partial charge in [-0.15, -0.1) is 0 Å². The van der Waals surface area contributed by atoms with Crippen molar-refractivity contribution in [3.8, 4) is 11.5 Å². The number of sulfonamides is 1. The number of nitrogens with zero attached hydrogens (tertiary/aromatic N) is 1. The van der Waals surface area contributed by atoms with E-state index in [4.69, 9.17) is 19.9 Å². The quantitative estimate of drug-likeness (QED) is 0.588. The molecule has 0 radical (unpaired) electrons. The lowest BCUT2D eigenvalue weighted by Crippen LogP contribution is -2.42. The summed E-state index contributed by atoms with van der Waals surface area (Å²) < 4.78 is 42.2. The van der Waals surface area contributed by atoms with Crippen LogP contribution in [0.25, 0.3) is 0 Å². The molecule has 1 aromatic rings. The Morgan fingerprint density at radius 3 is 2.65 bits per heavy atom. The van der Waals surface area contributed by atoms with Crippen LogP contribution in [0.2, 0.25) is 0 Å². The number of rotatable bonds is 5. The zero-order valence-corrected chi connectivity index (χ0v) is 14.5. The predicted octanol–water partition coefficient (Wildman–Crippen LogP) is -1.39. The maximum atomic E-state index is 12.9. The van der Waals surface area contributed by atoms with E-state index in [0.717, 1.165) is 4.31 Å². The van der Waals surface area contributed by atoms with Crippen molar-refractivity contribution in [2.24, 2.45) is 5.73 Å². The van der Waals surface area contributed by atoms with Crippen molar-refractivity contribution in [3.05, 3.63) is 18.2 Å². The van der Waals surface area contributed by atoms with Gasteiger partial charge in [-0.2, -0.15) is 4.31 Å². The van der Waals surface area contributed by atoms with Crippen LogP contribution in [-0.2, 0) is 24.3 Å². The summed E-state index contributed by atoms with van der Waals surface area (Å²) in [5.41, 5.74) is 4.92. The van der Waals surface area contributed by atoms with Crippen molar-refractivity contribution in [1.29, 1.82) is 0 Å². The van der Waals surface area contributed by atoms with Gasteiger partial charge in [0.15, 0.2) is 18.1 Å². The van der Waals surface area contributed by atoms with E-state index in [1.807, 2.05) is 0 Å². The molecule has 1 amide bonds. The minimum Gasteiger partial charge on any atom is -0.486 e. The van der Waals surface area contributed by atoms with Crippen LogP contribution in [0.15, 0.2) is 23.1 Å². The molecule has 1 aromatic carbocycles. The topological polar surface area (TPSA) is 145 Å². The molecule has 0 spiro atoms. The number of ether oxygens (including phenoxy) is 3. The Kier molecular flexibility index (Phi) is 5.03. The summed E-state index contributed by atoms with van der Waals surface area (Å²) in [6.07, 6.45) is -1.17. The second-order valence-electron chi connectivity index (χ2n) is 5.86. The summed E-state index contributed by atoms with van der Waals surface area (Å²) in [5.74, 6) is -1.10.